The molecule has 1 aliphatic heterocycles. The molecule has 0 bridgehead atoms. The van der Waals surface area contributed by atoms with Gasteiger partial charge in [-0.2, -0.15) is 9.61 Å². The zero-order chi connectivity index (χ0) is 29.8. The van der Waals surface area contributed by atoms with Crippen LogP contribution in [0.5, 0.6) is 0 Å². The summed E-state index contributed by atoms with van der Waals surface area (Å²) in [5, 5.41) is 18.3. The molecule has 4 atom stereocenters. The number of rotatable bonds is 6. The molecule has 220 valence electrons. The molecule has 4 unspecified atom stereocenters. The van der Waals surface area contributed by atoms with Crippen LogP contribution in [0.2, 0.25) is 0 Å². The lowest BCUT2D eigenvalue weighted by Crippen LogP contribution is -2.54. The highest BCUT2D eigenvalue weighted by atomic mass is 19.1. The summed E-state index contributed by atoms with van der Waals surface area (Å²) >= 11 is 0. The normalized spacial score (nSPS) is 23.4. The van der Waals surface area contributed by atoms with Crippen LogP contribution in [-0.2, 0) is 15.1 Å². The minimum Gasteiger partial charge on any atom is -0.380 e. The van der Waals surface area contributed by atoms with Gasteiger partial charge in [0.15, 0.2) is 0 Å². The smallest absolute Gasteiger partial charge is 0.229 e. The summed E-state index contributed by atoms with van der Waals surface area (Å²) in [5.41, 5.74) is 7.44. The van der Waals surface area contributed by atoms with Crippen LogP contribution in [0.4, 0.5) is 20.4 Å². The van der Waals surface area contributed by atoms with Gasteiger partial charge in [-0.25, -0.2) is 13.8 Å². The van der Waals surface area contributed by atoms with Gasteiger partial charge in [-0.15, -0.1) is 0 Å². The third kappa shape index (κ3) is 4.89. The van der Waals surface area contributed by atoms with Crippen LogP contribution in [0, 0.1) is 17.6 Å². The molecular weight excluding hydrogens is 544 g/mol. The van der Waals surface area contributed by atoms with Gasteiger partial charge in [0.1, 0.15) is 17.2 Å². The van der Waals surface area contributed by atoms with Crippen LogP contribution in [0.15, 0.2) is 48.9 Å². The third-order valence-corrected chi connectivity index (χ3v) is 8.62. The molecule has 0 radical (unpaired) electrons. The van der Waals surface area contributed by atoms with Crippen molar-refractivity contribution in [2.24, 2.45) is 11.7 Å². The number of fused-ring (bicyclic) bond motifs is 1. The molecule has 4 heterocycles. The Kier molecular flexibility index (Phi) is 7.16. The topological polar surface area (TPSA) is 131 Å². The van der Waals surface area contributed by atoms with E-state index in [4.69, 9.17) is 10.5 Å². The van der Waals surface area contributed by atoms with Gasteiger partial charge in [0.05, 0.1) is 48.1 Å². The predicted molar refractivity (Wildman–Crippen MR) is 152 cm³/mol. The summed E-state index contributed by atoms with van der Waals surface area (Å²) in [6.07, 6.45) is 6.56. The number of pyridine rings is 1. The summed E-state index contributed by atoms with van der Waals surface area (Å²) in [6, 6.07) is 7.15. The number of nitrogens with one attached hydrogen (secondary N) is 1. The molecule has 42 heavy (non-hydrogen) atoms. The average molecular weight is 578 g/mol. The molecule has 4 N–H and O–H groups in total. The zero-order valence-electron chi connectivity index (χ0n) is 23.6. The second-order valence-electron chi connectivity index (χ2n) is 11.5. The van der Waals surface area contributed by atoms with Crippen molar-refractivity contribution in [2.45, 2.75) is 50.3 Å². The van der Waals surface area contributed by atoms with Crippen molar-refractivity contribution in [2.75, 3.05) is 25.6 Å². The molecule has 1 aromatic carbocycles. The van der Waals surface area contributed by atoms with Crippen molar-refractivity contribution in [1.82, 2.24) is 24.5 Å². The van der Waals surface area contributed by atoms with E-state index < -0.39 is 17.2 Å². The standard InChI is InChI=1S/C30H33F2N7O3/c1-16-8-18(9-24(33)28(16)38(3)17(2)40)21-6-7-34-13-26(21)36-29-35-12-20-4-5-25(37-39(20)29)27-22(31)10-19(11-23(27)32)30(41)14-42-15-30/h4-7,10-13,16,18,24,28,41H,8-9,14-15,33H2,1-3H3,(H,35,36). The molecule has 2 aliphatic rings. The van der Waals surface area contributed by atoms with E-state index in [0.717, 1.165) is 29.8 Å². The summed E-state index contributed by atoms with van der Waals surface area (Å²) < 4.78 is 36.9. The predicted octanol–water partition coefficient (Wildman–Crippen LogP) is 3.72. The number of aromatic nitrogens is 4. The van der Waals surface area contributed by atoms with Crippen molar-refractivity contribution < 1.29 is 23.4 Å². The number of hydrogen-bond donors (Lipinski definition) is 3. The maximum atomic E-state index is 15.2. The molecule has 1 saturated heterocycles. The Morgan fingerprint density at radius 2 is 1.93 bits per heavy atom. The molecular formula is C30H33F2N7O3. The summed E-state index contributed by atoms with van der Waals surface area (Å²) in [6.45, 7) is 3.63. The molecule has 12 heteroatoms. The van der Waals surface area contributed by atoms with Crippen LogP contribution < -0.4 is 11.1 Å². The fourth-order valence-electron chi connectivity index (χ4n) is 6.34. The SMILES string of the molecule is CC(=O)N(C)C1C(C)CC(c2ccncc2Nc2ncc3ccc(-c4c(F)cc(C5(O)COC5)cc4F)nn23)CC1N. The van der Waals surface area contributed by atoms with Gasteiger partial charge in [0.25, 0.3) is 0 Å². The Labute approximate surface area is 241 Å². The Morgan fingerprint density at radius 1 is 1.19 bits per heavy atom. The first-order chi connectivity index (χ1) is 20.1. The molecule has 4 aromatic rings. The Morgan fingerprint density at radius 3 is 2.57 bits per heavy atom. The number of anilines is 2. The lowest BCUT2D eigenvalue weighted by molar-refractivity contribution is -0.184. The number of benzene rings is 1. The number of hydrogen-bond acceptors (Lipinski definition) is 8. The van der Waals surface area contributed by atoms with E-state index in [1.807, 2.05) is 6.07 Å². The fraction of sp³-hybridized carbons (Fsp3) is 0.400. The lowest BCUT2D eigenvalue weighted by atomic mass is 9.73. The van der Waals surface area contributed by atoms with Crippen LogP contribution in [0.3, 0.4) is 0 Å². The maximum absolute atomic E-state index is 15.2. The van der Waals surface area contributed by atoms with E-state index in [-0.39, 0.29) is 59.9 Å². The van der Waals surface area contributed by atoms with Crippen molar-refractivity contribution in [3.05, 3.63) is 71.7 Å². The Hall–Kier alpha value is -4.00. The third-order valence-electron chi connectivity index (χ3n) is 8.62. The summed E-state index contributed by atoms with van der Waals surface area (Å²) in [7, 11) is 1.80. The highest BCUT2D eigenvalue weighted by Gasteiger charge is 2.40. The number of carbonyl (C=O) groups excluding carboxylic acids is 1. The maximum Gasteiger partial charge on any atom is 0.229 e. The van der Waals surface area contributed by atoms with Gasteiger partial charge < -0.3 is 25.8 Å². The van der Waals surface area contributed by atoms with Crippen LogP contribution >= 0.6 is 0 Å². The lowest BCUT2D eigenvalue weighted by Gasteiger charge is -2.43. The van der Waals surface area contributed by atoms with Gasteiger partial charge in [0, 0.05) is 32.3 Å². The quantitative estimate of drug-likeness (QED) is 0.316. The van der Waals surface area contributed by atoms with E-state index >= 15 is 8.78 Å². The van der Waals surface area contributed by atoms with E-state index in [9.17, 15) is 9.90 Å². The van der Waals surface area contributed by atoms with Crippen LogP contribution in [-0.4, -0.2) is 67.8 Å². The Balaban J connectivity index is 1.30. The first-order valence-corrected chi connectivity index (χ1v) is 13.9. The first kappa shape index (κ1) is 28.1. The van der Waals surface area contributed by atoms with Gasteiger partial charge in [-0.1, -0.05) is 6.92 Å². The second kappa shape index (κ2) is 10.7. The number of likely N-dealkylation sites (N-methyl/N-ethyl adjacent to an activating group) is 1. The van der Waals surface area contributed by atoms with Gasteiger partial charge in [0.2, 0.25) is 11.9 Å². The van der Waals surface area contributed by atoms with E-state index in [2.05, 4.69) is 27.3 Å². The molecule has 1 amide bonds. The van der Waals surface area contributed by atoms with E-state index in [0.29, 0.717) is 17.9 Å². The summed E-state index contributed by atoms with van der Waals surface area (Å²) in [5.74, 6) is -1.04. The summed E-state index contributed by atoms with van der Waals surface area (Å²) in [4.78, 5) is 22.5. The van der Waals surface area contributed by atoms with Crippen molar-refractivity contribution in [3.63, 3.8) is 0 Å². The molecule has 10 nitrogen and oxygen atoms in total. The highest BCUT2D eigenvalue weighted by molar-refractivity contribution is 5.73. The zero-order valence-corrected chi connectivity index (χ0v) is 23.6. The first-order valence-electron chi connectivity index (χ1n) is 13.9. The molecule has 0 spiro atoms. The minimum absolute atomic E-state index is 0.00828. The second-order valence-corrected chi connectivity index (χ2v) is 11.5. The number of nitrogens with two attached hydrogens (primary N) is 1. The van der Waals surface area contributed by atoms with Crippen molar-refractivity contribution in [1.29, 1.82) is 0 Å². The number of aliphatic hydroxyl groups is 1. The van der Waals surface area contributed by atoms with E-state index in [1.165, 1.54) is 10.6 Å². The van der Waals surface area contributed by atoms with Crippen molar-refractivity contribution >= 4 is 23.1 Å². The molecule has 1 saturated carbocycles. The number of amides is 1. The van der Waals surface area contributed by atoms with Crippen LogP contribution in [0.25, 0.3) is 16.8 Å². The largest absolute Gasteiger partial charge is 0.380 e. The number of ether oxygens (including phenoxy) is 1. The minimum atomic E-state index is -1.40. The van der Waals surface area contributed by atoms with Gasteiger partial charge >= 0.3 is 0 Å². The van der Waals surface area contributed by atoms with Gasteiger partial charge in [-0.05, 0) is 66.1 Å². The number of halogens is 2. The monoisotopic (exact) mass is 577 g/mol. The van der Waals surface area contributed by atoms with Gasteiger partial charge in [-0.3, -0.25) is 9.78 Å². The molecule has 6 rings (SSSR count). The number of nitrogens with zero attached hydrogens (tertiary/aromatic N) is 5. The number of carbonyl (C=O) groups is 1. The van der Waals surface area contributed by atoms with E-state index in [1.54, 1.807) is 43.5 Å². The average Bonchev–Trinajstić information content (AvgIpc) is 3.33. The number of imidazole rings is 1. The highest BCUT2D eigenvalue weighted by Crippen LogP contribution is 2.41. The molecule has 2 fully saturated rings. The molecule has 3 aromatic heterocycles. The fourth-order valence-corrected chi connectivity index (χ4v) is 6.34. The Bertz CT molecular complexity index is 1620. The molecule has 1 aliphatic carbocycles. The van der Waals surface area contributed by atoms with Crippen molar-refractivity contribution in [3.8, 4) is 11.3 Å². The van der Waals surface area contributed by atoms with Crippen LogP contribution in [0.1, 0.15) is 43.7 Å².